The van der Waals surface area contributed by atoms with Crippen LogP contribution in [0.15, 0.2) is 65.8 Å². The van der Waals surface area contributed by atoms with E-state index < -0.39 is 11.9 Å². The van der Waals surface area contributed by atoms with Crippen LogP contribution in [-0.4, -0.2) is 31.8 Å². The van der Waals surface area contributed by atoms with Crippen LogP contribution in [0.5, 0.6) is 17.2 Å². The quantitative estimate of drug-likeness (QED) is 0.167. The van der Waals surface area contributed by atoms with Gasteiger partial charge in [0.1, 0.15) is 5.75 Å². The molecule has 9 heteroatoms. The molecule has 0 aliphatic heterocycles. The topological polar surface area (TPSA) is 86.2 Å². The molecule has 3 aromatic carbocycles. The highest BCUT2D eigenvalue weighted by Crippen LogP contribution is 2.29. The Morgan fingerprint density at radius 1 is 0.971 bits per heavy atom. The summed E-state index contributed by atoms with van der Waals surface area (Å²) in [5.74, 6) is 0.513. The van der Waals surface area contributed by atoms with Crippen molar-refractivity contribution in [1.29, 1.82) is 0 Å². The third-order valence-electron chi connectivity index (χ3n) is 4.87. The third-order valence-corrected chi connectivity index (χ3v) is 5.60. The van der Waals surface area contributed by atoms with E-state index in [9.17, 15) is 9.59 Å². The molecule has 0 spiro atoms. The Morgan fingerprint density at radius 2 is 1.71 bits per heavy atom. The van der Waals surface area contributed by atoms with Gasteiger partial charge in [-0.2, -0.15) is 5.10 Å². The van der Waals surface area contributed by atoms with Gasteiger partial charge in [-0.1, -0.05) is 49.2 Å². The highest BCUT2D eigenvalue weighted by molar-refractivity contribution is 6.42. The fourth-order valence-corrected chi connectivity index (χ4v) is 3.24. The minimum atomic E-state index is -0.616. The molecule has 0 aliphatic rings. The standard InChI is InChI=1S/C26H24Cl2N2O5/c1-16(2)18-5-8-20(9-6-18)34-15-25(31)30-29-14-17-4-11-23(24(12-17)33-3)35-26(32)19-7-10-21(27)22(28)13-19/h4-14,16H,15H2,1-3H3,(H,30,31)/b29-14+. The van der Waals surface area contributed by atoms with Gasteiger partial charge in [-0.15, -0.1) is 0 Å². The van der Waals surface area contributed by atoms with Crippen LogP contribution in [0, 0.1) is 0 Å². The van der Waals surface area contributed by atoms with Crippen molar-refractivity contribution in [2.75, 3.05) is 13.7 Å². The van der Waals surface area contributed by atoms with E-state index in [1.165, 1.54) is 37.1 Å². The van der Waals surface area contributed by atoms with E-state index >= 15 is 0 Å². The molecule has 0 aliphatic carbocycles. The van der Waals surface area contributed by atoms with Crippen LogP contribution in [0.2, 0.25) is 10.0 Å². The number of methoxy groups -OCH3 is 1. The lowest BCUT2D eigenvalue weighted by atomic mass is 10.0. The second-order valence-electron chi connectivity index (χ2n) is 7.73. The number of hydrazone groups is 1. The fraction of sp³-hybridized carbons (Fsp3) is 0.192. The van der Waals surface area contributed by atoms with Gasteiger partial charge < -0.3 is 14.2 Å². The van der Waals surface area contributed by atoms with Gasteiger partial charge in [0.2, 0.25) is 0 Å². The average Bonchev–Trinajstić information content (AvgIpc) is 2.85. The monoisotopic (exact) mass is 514 g/mol. The summed E-state index contributed by atoms with van der Waals surface area (Å²) in [5, 5.41) is 4.51. The Kier molecular flexibility index (Phi) is 9.11. The molecule has 0 unspecified atom stereocenters. The van der Waals surface area contributed by atoms with Gasteiger partial charge in [-0.05, 0) is 65.6 Å². The van der Waals surface area contributed by atoms with E-state index in [0.29, 0.717) is 28.0 Å². The van der Waals surface area contributed by atoms with Crippen molar-refractivity contribution in [2.24, 2.45) is 5.10 Å². The van der Waals surface area contributed by atoms with Crippen molar-refractivity contribution in [3.05, 3.63) is 87.4 Å². The Morgan fingerprint density at radius 3 is 2.37 bits per heavy atom. The molecule has 1 amide bonds. The molecule has 0 saturated heterocycles. The number of carbonyl (C=O) groups is 2. The summed E-state index contributed by atoms with van der Waals surface area (Å²) < 4.78 is 16.2. The Labute approximate surface area is 213 Å². The first-order chi connectivity index (χ1) is 16.8. The molecule has 0 radical (unpaired) electrons. The number of rotatable bonds is 9. The van der Waals surface area contributed by atoms with Crippen molar-refractivity contribution in [3.63, 3.8) is 0 Å². The lowest BCUT2D eigenvalue weighted by Gasteiger charge is -2.10. The van der Waals surface area contributed by atoms with Gasteiger partial charge in [0.15, 0.2) is 18.1 Å². The van der Waals surface area contributed by atoms with Crippen LogP contribution < -0.4 is 19.6 Å². The van der Waals surface area contributed by atoms with Gasteiger partial charge in [-0.3, -0.25) is 4.79 Å². The van der Waals surface area contributed by atoms with Crippen LogP contribution in [0.4, 0.5) is 0 Å². The van der Waals surface area contributed by atoms with Crippen molar-refractivity contribution in [1.82, 2.24) is 5.43 Å². The lowest BCUT2D eigenvalue weighted by molar-refractivity contribution is -0.123. The lowest BCUT2D eigenvalue weighted by Crippen LogP contribution is -2.24. The highest BCUT2D eigenvalue weighted by atomic mass is 35.5. The molecule has 0 atom stereocenters. The van der Waals surface area contributed by atoms with Crippen molar-refractivity contribution in [2.45, 2.75) is 19.8 Å². The molecule has 0 heterocycles. The first kappa shape index (κ1) is 26.1. The summed E-state index contributed by atoms with van der Waals surface area (Å²) in [7, 11) is 1.44. The molecule has 3 aromatic rings. The van der Waals surface area contributed by atoms with Crippen LogP contribution in [-0.2, 0) is 4.79 Å². The Bertz CT molecular complexity index is 1230. The molecule has 35 heavy (non-hydrogen) atoms. The largest absolute Gasteiger partial charge is 0.493 e. The number of carbonyl (C=O) groups excluding carboxylic acids is 2. The number of ether oxygens (including phenoxy) is 3. The zero-order valence-electron chi connectivity index (χ0n) is 19.4. The minimum Gasteiger partial charge on any atom is -0.493 e. The van der Waals surface area contributed by atoms with Gasteiger partial charge in [0.25, 0.3) is 5.91 Å². The number of esters is 1. The number of halogens is 2. The van der Waals surface area contributed by atoms with Gasteiger partial charge in [-0.25, -0.2) is 10.2 Å². The van der Waals surface area contributed by atoms with Gasteiger partial charge >= 0.3 is 5.97 Å². The molecular weight excluding hydrogens is 491 g/mol. The van der Waals surface area contributed by atoms with E-state index in [1.54, 1.807) is 18.2 Å². The summed E-state index contributed by atoms with van der Waals surface area (Å²) in [4.78, 5) is 24.4. The maximum absolute atomic E-state index is 12.4. The molecule has 0 fully saturated rings. The maximum Gasteiger partial charge on any atom is 0.343 e. The minimum absolute atomic E-state index is 0.175. The van der Waals surface area contributed by atoms with Crippen molar-refractivity contribution in [3.8, 4) is 17.2 Å². The summed E-state index contributed by atoms with van der Waals surface area (Å²) in [6, 6.07) is 16.9. The van der Waals surface area contributed by atoms with E-state index in [1.807, 2.05) is 24.3 Å². The SMILES string of the molecule is COc1cc(/C=N/NC(=O)COc2ccc(C(C)C)cc2)ccc1OC(=O)c1ccc(Cl)c(Cl)c1. The number of hydrogen-bond acceptors (Lipinski definition) is 6. The molecule has 0 saturated carbocycles. The van der Waals surface area contributed by atoms with E-state index in [2.05, 4.69) is 24.4 Å². The fourth-order valence-electron chi connectivity index (χ4n) is 2.94. The predicted octanol–water partition coefficient (Wildman–Crippen LogP) is 5.87. The zero-order chi connectivity index (χ0) is 25.4. The maximum atomic E-state index is 12.4. The molecule has 1 N–H and O–H groups in total. The third kappa shape index (κ3) is 7.47. The predicted molar refractivity (Wildman–Crippen MR) is 136 cm³/mol. The molecule has 182 valence electrons. The van der Waals surface area contributed by atoms with E-state index in [-0.39, 0.29) is 22.9 Å². The number of benzene rings is 3. The number of nitrogens with zero attached hydrogens (tertiary/aromatic N) is 1. The molecular formula is C26H24Cl2N2O5. The summed E-state index contributed by atoms with van der Waals surface area (Å²) in [5.41, 5.74) is 4.45. The highest BCUT2D eigenvalue weighted by Gasteiger charge is 2.14. The van der Waals surface area contributed by atoms with Gasteiger partial charge in [0.05, 0.1) is 28.9 Å². The zero-order valence-corrected chi connectivity index (χ0v) is 20.9. The average molecular weight is 515 g/mol. The van der Waals surface area contributed by atoms with E-state index in [0.717, 1.165) is 0 Å². The number of amides is 1. The molecule has 3 rings (SSSR count). The molecule has 0 bridgehead atoms. The van der Waals surface area contributed by atoms with Crippen LogP contribution >= 0.6 is 23.2 Å². The number of hydrogen-bond donors (Lipinski definition) is 1. The van der Waals surface area contributed by atoms with Crippen molar-refractivity contribution >= 4 is 41.3 Å². The van der Waals surface area contributed by atoms with Crippen LogP contribution in [0.1, 0.15) is 41.3 Å². The Balaban J connectivity index is 1.55. The number of nitrogens with one attached hydrogen (secondary N) is 1. The first-order valence-corrected chi connectivity index (χ1v) is 11.4. The van der Waals surface area contributed by atoms with Gasteiger partial charge in [0, 0.05) is 0 Å². The summed E-state index contributed by atoms with van der Waals surface area (Å²) in [6.45, 7) is 4.04. The first-order valence-electron chi connectivity index (χ1n) is 10.7. The van der Waals surface area contributed by atoms with Crippen LogP contribution in [0.3, 0.4) is 0 Å². The van der Waals surface area contributed by atoms with Crippen molar-refractivity contribution < 1.29 is 23.8 Å². The Hall–Kier alpha value is -3.55. The van der Waals surface area contributed by atoms with Crippen LogP contribution in [0.25, 0.3) is 0 Å². The molecule has 0 aromatic heterocycles. The van der Waals surface area contributed by atoms with E-state index in [4.69, 9.17) is 37.4 Å². The molecule has 7 nitrogen and oxygen atoms in total. The summed E-state index contributed by atoms with van der Waals surface area (Å²) in [6.07, 6.45) is 1.43. The second kappa shape index (κ2) is 12.2. The second-order valence-corrected chi connectivity index (χ2v) is 8.55. The smallest absolute Gasteiger partial charge is 0.343 e. The normalized spacial score (nSPS) is 10.9. The summed E-state index contributed by atoms with van der Waals surface area (Å²) >= 11 is 11.8.